The Labute approximate surface area is 170 Å². The molecule has 29 heavy (non-hydrogen) atoms. The van der Waals surface area contributed by atoms with Crippen molar-refractivity contribution in [3.8, 4) is 0 Å². The molecule has 2 heterocycles. The molecule has 0 spiro atoms. The predicted molar refractivity (Wildman–Crippen MR) is 106 cm³/mol. The predicted octanol–water partition coefficient (Wildman–Crippen LogP) is 1.89. The largest absolute Gasteiger partial charge is 0.353 e. The molecule has 0 radical (unpaired) electrons. The summed E-state index contributed by atoms with van der Waals surface area (Å²) in [6.45, 7) is 3.24. The van der Waals surface area contributed by atoms with E-state index in [4.69, 9.17) is 0 Å². The van der Waals surface area contributed by atoms with Crippen LogP contribution in [-0.2, 0) is 9.59 Å². The Kier molecular flexibility index (Phi) is 5.39. The van der Waals surface area contributed by atoms with Crippen LogP contribution >= 0.6 is 0 Å². The van der Waals surface area contributed by atoms with Crippen LogP contribution in [0.3, 0.4) is 0 Å². The van der Waals surface area contributed by atoms with Gasteiger partial charge in [0.05, 0.1) is 17.0 Å². The zero-order valence-electron chi connectivity index (χ0n) is 16.8. The van der Waals surface area contributed by atoms with Crippen LogP contribution in [0.4, 0.5) is 0 Å². The standard InChI is InChI=1S/C22H27N3O4/c1-14-6-9-17-18(12-14)22(29)25(21(17)28)11-3-5-19(26)24-10-2-4-15(13-24)20(27)23-16-7-8-16/h6,9,12,15-16H,2-5,7-8,10-11,13H2,1H3,(H,23,27). The number of rotatable bonds is 6. The highest BCUT2D eigenvalue weighted by molar-refractivity contribution is 6.21. The van der Waals surface area contributed by atoms with Crippen LogP contribution in [0.15, 0.2) is 18.2 Å². The lowest BCUT2D eigenvalue weighted by molar-refractivity contribution is -0.135. The van der Waals surface area contributed by atoms with Crippen molar-refractivity contribution in [2.45, 2.75) is 51.5 Å². The van der Waals surface area contributed by atoms with Gasteiger partial charge in [0.15, 0.2) is 0 Å². The zero-order valence-corrected chi connectivity index (χ0v) is 16.8. The van der Waals surface area contributed by atoms with Gasteiger partial charge in [0.25, 0.3) is 11.8 Å². The zero-order chi connectivity index (χ0) is 20.5. The van der Waals surface area contributed by atoms with Gasteiger partial charge in [0, 0.05) is 32.1 Å². The fraction of sp³-hybridized carbons (Fsp3) is 0.545. The highest BCUT2D eigenvalue weighted by Gasteiger charge is 2.35. The van der Waals surface area contributed by atoms with E-state index < -0.39 is 0 Å². The summed E-state index contributed by atoms with van der Waals surface area (Å²) in [5.74, 6) is -0.649. The van der Waals surface area contributed by atoms with Gasteiger partial charge in [-0.3, -0.25) is 24.1 Å². The molecule has 0 bridgehead atoms. The van der Waals surface area contributed by atoms with E-state index in [1.54, 1.807) is 17.0 Å². The van der Waals surface area contributed by atoms with Crippen molar-refractivity contribution < 1.29 is 19.2 Å². The molecule has 3 aliphatic rings. The smallest absolute Gasteiger partial charge is 0.261 e. The SMILES string of the molecule is Cc1ccc2c(c1)C(=O)N(CCCC(=O)N1CCCC(C(=O)NC3CC3)C1)C2=O. The lowest BCUT2D eigenvalue weighted by Crippen LogP contribution is -2.46. The van der Waals surface area contributed by atoms with Crippen molar-refractivity contribution in [3.63, 3.8) is 0 Å². The minimum Gasteiger partial charge on any atom is -0.353 e. The van der Waals surface area contributed by atoms with Crippen LogP contribution in [0, 0.1) is 12.8 Å². The molecular formula is C22H27N3O4. The fourth-order valence-corrected chi connectivity index (χ4v) is 4.12. The van der Waals surface area contributed by atoms with Gasteiger partial charge in [0.1, 0.15) is 0 Å². The number of fused-ring (bicyclic) bond motifs is 1. The van der Waals surface area contributed by atoms with Gasteiger partial charge in [-0.05, 0) is 51.2 Å². The monoisotopic (exact) mass is 397 g/mol. The number of hydrogen-bond donors (Lipinski definition) is 1. The van der Waals surface area contributed by atoms with Gasteiger partial charge < -0.3 is 10.2 Å². The molecular weight excluding hydrogens is 370 g/mol. The van der Waals surface area contributed by atoms with E-state index >= 15 is 0 Å². The number of imide groups is 1. The van der Waals surface area contributed by atoms with Crippen molar-refractivity contribution in [2.24, 2.45) is 5.92 Å². The molecule has 1 atom stereocenters. The van der Waals surface area contributed by atoms with Crippen molar-refractivity contribution in [2.75, 3.05) is 19.6 Å². The molecule has 7 nitrogen and oxygen atoms in total. The first-order valence-corrected chi connectivity index (χ1v) is 10.5. The molecule has 0 aromatic heterocycles. The fourth-order valence-electron chi connectivity index (χ4n) is 4.12. The van der Waals surface area contributed by atoms with Crippen LogP contribution in [0.25, 0.3) is 0 Å². The third kappa shape index (κ3) is 4.18. The summed E-state index contributed by atoms with van der Waals surface area (Å²) in [5.41, 5.74) is 1.82. The summed E-state index contributed by atoms with van der Waals surface area (Å²) in [5, 5.41) is 3.03. The molecule has 2 fully saturated rings. The lowest BCUT2D eigenvalue weighted by atomic mass is 9.96. The van der Waals surface area contributed by atoms with Gasteiger partial charge in [-0.1, -0.05) is 11.6 Å². The van der Waals surface area contributed by atoms with E-state index in [0.29, 0.717) is 36.7 Å². The maximum absolute atomic E-state index is 12.6. The van der Waals surface area contributed by atoms with E-state index in [-0.39, 0.29) is 42.5 Å². The number of nitrogens with zero attached hydrogens (tertiary/aromatic N) is 2. The van der Waals surface area contributed by atoms with Crippen LogP contribution in [0.2, 0.25) is 0 Å². The van der Waals surface area contributed by atoms with E-state index in [1.807, 2.05) is 13.0 Å². The van der Waals surface area contributed by atoms with Gasteiger partial charge in [-0.2, -0.15) is 0 Å². The summed E-state index contributed by atoms with van der Waals surface area (Å²) in [7, 11) is 0. The number of hydrogen-bond acceptors (Lipinski definition) is 4. The maximum Gasteiger partial charge on any atom is 0.261 e. The first-order valence-electron chi connectivity index (χ1n) is 10.5. The van der Waals surface area contributed by atoms with Crippen LogP contribution in [-0.4, -0.2) is 59.1 Å². The number of carbonyl (C=O) groups is 4. The molecule has 154 valence electrons. The number of piperidine rings is 1. The van der Waals surface area contributed by atoms with E-state index in [1.165, 1.54) is 4.90 Å². The number of nitrogens with one attached hydrogen (secondary N) is 1. The Bertz CT molecular complexity index is 862. The highest BCUT2D eigenvalue weighted by Crippen LogP contribution is 2.25. The second-order valence-corrected chi connectivity index (χ2v) is 8.38. The van der Waals surface area contributed by atoms with Gasteiger partial charge in [-0.25, -0.2) is 0 Å². The van der Waals surface area contributed by atoms with Crippen LogP contribution < -0.4 is 5.32 Å². The minimum atomic E-state index is -0.285. The average molecular weight is 397 g/mol. The van der Waals surface area contributed by atoms with Gasteiger partial charge in [-0.15, -0.1) is 0 Å². The summed E-state index contributed by atoms with van der Waals surface area (Å²) < 4.78 is 0. The van der Waals surface area contributed by atoms with Crippen molar-refractivity contribution in [1.29, 1.82) is 0 Å². The molecule has 4 rings (SSSR count). The summed E-state index contributed by atoms with van der Waals surface area (Å²) in [4.78, 5) is 52.9. The van der Waals surface area contributed by atoms with E-state index in [2.05, 4.69) is 5.32 Å². The Morgan fingerprint density at radius 3 is 2.62 bits per heavy atom. The number of likely N-dealkylation sites (tertiary alicyclic amines) is 1. The quantitative estimate of drug-likeness (QED) is 0.743. The Morgan fingerprint density at radius 2 is 1.86 bits per heavy atom. The van der Waals surface area contributed by atoms with E-state index in [9.17, 15) is 19.2 Å². The molecule has 1 unspecified atom stereocenters. The van der Waals surface area contributed by atoms with Crippen molar-refractivity contribution >= 4 is 23.6 Å². The molecule has 1 aliphatic carbocycles. The summed E-state index contributed by atoms with van der Waals surface area (Å²) >= 11 is 0. The number of carbonyl (C=O) groups excluding carboxylic acids is 4. The second-order valence-electron chi connectivity index (χ2n) is 8.38. The van der Waals surface area contributed by atoms with Gasteiger partial charge in [0.2, 0.25) is 11.8 Å². The highest BCUT2D eigenvalue weighted by atomic mass is 16.2. The minimum absolute atomic E-state index is 0.0126. The molecule has 2 aliphatic heterocycles. The molecule has 7 heteroatoms. The molecule has 1 aromatic carbocycles. The van der Waals surface area contributed by atoms with Crippen molar-refractivity contribution in [3.05, 3.63) is 34.9 Å². The Balaban J connectivity index is 1.27. The summed E-state index contributed by atoms with van der Waals surface area (Å²) in [6, 6.07) is 5.58. The van der Waals surface area contributed by atoms with Gasteiger partial charge >= 0.3 is 0 Å². The third-order valence-corrected chi connectivity index (χ3v) is 5.97. The topological polar surface area (TPSA) is 86.8 Å². The first-order chi connectivity index (χ1) is 13.9. The van der Waals surface area contributed by atoms with Crippen molar-refractivity contribution in [1.82, 2.24) is 15.1 Å². The Morgan fingerprint density at radius 1 is 1.10 bits per heavy atom. The second kappa shape index (κ2) is 7.97. The normalized spacial score (nSPS) is 21.3. The third-order valence-electron chi connectivity index (χ3n) is 5.97. The molecule has 1 saturated heterocycles. The number of amides is 4. The molecule has 1 aromatic rings. The Hall–Kier alpha value is -2.70. The number of benzene rings is 1. The summed E-state index contributed by atoms with van der Waals surface area (Å²) in [6.07, 6.45) is 4.45. The van der Waals surface area contributed by atoms with Crippen LogP contribution in [0.1, 0.15) is 64.8 Å². The first kappa shape index (κ1) is 19.6. The molecule has 1 saturated carbocycles. The lowest BCUT2D eigenvalue weighted by Gasteiger charge is -2.32. The maximum atomic E-state index is 12.6. The average Bonchev–Trinajstić information content (AvgIpc) is 3.50. The number of aryl methyl sites for hydroxylation is 1. The molecule has 1 N–H and O–H groups in total. The van der Waals surface area contributed by atoms with E-state index in [0.717, 1.165) is 31.2 Å². The molecule has 4 amide bonds. The van der Waals surface area contributed by atoms with Crippen LogP contribution in [0.5, 0.6) is 0 Å².